The van der Waals surface area contributed by atoms with Crippen LogP contribution in [0.2, 0.25) is 0 Å². The van der Waals surface area contributed by atoms with Gasteiger partial charge in [0, 0.05) is 12.6 Å². The Morgan fingerprint density at radius 1 is 1.30 bits per heavy atom. The van der Waals surface area contributed by atoms with Crippen molar-refractivity contribution in [2.75, 3.05) is 6.54 Å². The number of nitrogens with two attached hydrogens (primary N) is 1. The largest absolute Gasteiger partial charge is 0.329 e. The van der Waals surface area contributed by atoms with Crippen LogP contribution in [0.1, 0.15) is 25.8 Å². The first-order chi connectivity index (χ1) is 8.89. The van der Waals surface area contributed by atoms with Crippen LogP contribution in [0.3, 0.4) is 0 Å². The summed E-state index contributed by atoms with van der Waals surface area (Å²) in [5, 5.41) is 8.68. The molecule has 1 atom stereocenters. The third-order valence-electron chi connectivity index (χ3n) is 2.66. The SMILES string of the molecule is CC(C)CC(CN)NS(=O)(=O)c1ccc(C#N)cc1.Cl. The number of benzene rings is 1. The highest BCUT2D eigenvalue weighted by Gasteiger charge is 2.19. The topological polar surface area (TPSA) is 96.0 Å². The maximum Gasteiger partial charge on any atom is 0.240 e. The minimum Gasteiger partial charge on any atom is -0.329 e. The molecular formula is C13H20ClN3O2S. The zero-order valence-corrected chi connectivity index (χ0v) is 13.2. The van der Waals surface area contributed by atoms with Crippen LogP contribution in [0.25, 0.3) is 0 Å². The maximum absolute atomic E-state index is 12.1. The summed E-state index contributed by atoms with van der Waals surface area (Å²) in [6.45, 7) is 4.28. The van der Waals surface area contributed by atoms with Crippen molar-refractivity contribution in [3.8, 4) is 6.07 Å². The van der Waals surface area contributed by atoms with Gasteiger partial charge in [-0.25, -0.2) is 13.1 Å². The van der Waals surface area contributed by atoms with Gasteiger partial charge < -0.3 is 5.73 Å². The summed E-state index contributed by atoms with van der Waals surface area (Å²) in [6.07, 6.45) is 0.687. The van der Waals surface area contributed by atoms with Crippen LogP contribution in [0.4, 0.5) is 0 Å². The quantitative estimate of drug-likeness (QED) is 0.833. The molecule has 0 radical (unpaired) electrons. The molecule has 0 amide bonds. The predicted molar refractivity (Wildman–Crippen MR) is 81.0 cm³/mol. The van der Waals surface area contributed by atoms with E-state index in [1.54, 1.807) is 0 Å². The molecule has 0 aliphatic rings. The molecule has 3 N–H and O–H groups in total. The number of hydrogen-bond donors (Lipinski definition) is 2. The van der Waals surface area contributed by atoms with Gasteiger partial charge in [0.2, 0.25) is 10.0 Å². The number of sulfonamides is 1. The fourth-order valence-corrected chi connectivity index (χ4v) is 3.02. The zero-order chi connectivity index (χ0) is 14.5. The molecular weight excluding hydrogens is 298 g/mol. The van der Waals surface area contributed by atoms with Gasteiger partial charge in [0.05, 0.1) is 16.5 Å². The van der Waals surface area contributed by atoms with E-state index in [-0.39, 0.29) is 29.9 Å². The van der Waals surface area contributed by atoms with E-state index in [4.69, 9.17) is 11.0 Å². The van der Waals surface area contributed by atoms with Gasteiger partial charge in [0.25, 0.3) is 0 Å². The van der Waals surface area contributed by atoms with Crippen LogP contribution >= 0.6 is 12.4 Å². The van der Waals surface area contributed by atoms with Crippen molar-refractivity contribution < 1.29 is 8.42 Å². The average Bonchev–Trinajstić information content (AvgIpc) is 2.37. The second-order valence-corrected chi connectivity index (χ2v) is 6.53. The molecule has 0 spiro atoms. The lowest BCUT2D eigenvalue weighted by molar-refractivity contribution is 0.465. The van der Waals surface area contributed by atoms with E-state index >= 15 is 0 Å². The minimum atomic E-state index is -3.58. The number of rotatable bonds is 6. The summed E-state index contributed by atoms with van der Waals surface area (Å²) in [5.74, 6) is 0.359. The van der Waals surface area contributed by atoms with Crippen LogP contribution in [0.5, 0.6) is 0 Å². The van der Waals surface area contributed by atoms with Gasteiger partial charge in [-0.05, 0) is 36.6 Å². The van der Waals surface area contributed by atoms with E-state index in [2.05, 4.69) is 4.72 Å². The summed E-state index contributed by atoms with van der Waals surface area (Å²) in [6, 6.07) is 7.47. The summed E-state index contributed by atoms with van der Waals surface area (Å²) >= 11 is 0. The molecule has 0 aromatic heterocycles. The molecule has 7 heteroatoms. The number of nitrogens with one attached hydrogen (secondary N) is 1. The van der Waals surface area contributed by atoms with Crippen molar-refractivity contribution >= 4 is 22.4 Å². The number of nitriles is 1. The molecule has 1 rings (SSSR count). The molecule has 0 aliphatic heterocycles. The van der Waals surface area contributed by atoms with E-state index < -0.39 is 10.0 Å². The minimum absolute atomic E-state index is 0. The molecule has 20 heavy (non-hydrogen) atoms. The fraction of sp³-hybridized carbons (Fsp3) is 0.462. The molecule has 1 unspecified atom stereocenters. The van der Waals surface area contributed by atoms with E-state index in [1.807, 2.05) is 19.9 Å². The highest BCUT2D eigenvalue weighted by molar-refractivity contribution is 7.89. The van der Waals surface area contributed by atoms with E-state index in [9.17, 15) is 8.42 Å². The molecule has 1 aromatic rings. The number of halogens is 1. The van der Waals surface area contributed by atoms with Gasteiger partial charge in [-0.15, -0.1) is 12.4 Å². The zero-order valence-electron chi connectivity index (χ0n) is 11.5. The van der Waals surface area contributed by atoms with Crippen LogP contribution in [-0.4, -0.2) is 21.0 Å². The lowest BCUT2D eigenvalue weighted by Crippen LogP contribution is -2.40. The lowest BCUT2D eigenvalue weighted by atomic mass is 10.1. The van der Waals surface area contributed by atoms with Crippen molar-refractivity contribution in [2.24, 2.45) is 11.7 Å². The number of hydrogen-bond acceptors (Lipinski definition) is 4. The van der Waals surface area contributed by atoms with Gasteiger partial charge in [0.1, 0.15) is 0 Å². The molecule has 5 nitrogen and oxygen atoms in total. The summed E-state index contributed by atoms with van der Waals surface area (Å²) < 4.78 is 26.9. The monoisotopic (exact) mass is 317 g/mol. The Balaban J connectivity index is 0.00000361. The first-order valence-electron chi connectivity index (χ1n) is 6.11. The van der Waals surface area contributed by atoms with Crippen LogP contribution in [0.15, 0.2) is 29.2 Å². The summed E-state index contributed by atoms with van der Waals surface area (Å²) in [7, 11) is -3.58. The van der Waals surface area contributed by atoms with Crippen LogP contribution in [-0.2, 0) is 10.0 Å². The average molecular weight is 318 g/mol. The Hall–Kier alpha value is -1.13. The third-order valence-corrected chi connectivity index (χ3v) is 4.19. The Labute approximate surface area is 126 Å². The highest BCUT2D eigenvalue weighted by Crippen LogP contribution is 2.12. The van der Waals surface area contributed by atoms with Crippen molar-refractivity contribution in [3.05, 3.63) is 29.8 Å². The Bertz CT molecular complexity index is 550. The van der Waals surface area contributed by atoms with Gasteiger partial charge in [-0.1, -0.05) is 13.8 Å². The van der Waals surface area contributed by atoms with Crippen molar-refractivity contribution in [1.29, 1.82) is 5.26 Å². The first kappa shape index (κ1) is 18.9. The standard InChI is InChI=1S/C13H19N3O2S.ClH/c1-10(2)7-12(9-15)16-19(17,18)13-5-3-11(8-14)4-6-13;/h3-6,10,12,16H,7,9,15H2,1-2H3;1H. The molecule has 0 saturated carbocycles. The number of nitrogens with zero attached hydrogens (tertiary/aromatic N) is 1. The van der Waals surface area contributed by atoms with Gasteiger partial charge in [0.15, 0.2) is 0 Å². The van der Waals surface area contributed by atoms with Crippen molar-refractivity contribution in [2.45, 2.75) is 31.2 Å². The molecule has 0 saturated heterocycles. The summed E-state index contributed by atoms with van der Waals surface area (Å²) in [4.78, 5) is 0.147. The Morgan fingerprint density at radius 2 is 1.85 bits per heavy atom. The predicted octanol–water partition coefficient (Wildman–Crippen LogP) is 1.63. The summed E-state index contributed by atoms with van der Waals surface area (Å²) in [5.41, 5.74) is 6.01. The van der Waals surface area contributed by atoms with Gasteiger partial charge in [-0.3, -0.25) is 0 Å². The van der Waals surface area contributed by atoms with E-state index in [0.717, 1.165) is 0 Å². The normalized spacial score (nSPS) is 12.6. The first-order valence-corrected chi connectivity index (χ1v) is 7.60. The smallest absolute Gasteiger partial charge is 0.240 e. The fourth-order valence-electron chi connectivity index (χ4n) is 1.76. The molecule has 0 aliphatic carbocycles. The van der Waals surface area contributed by atoms with Crippen molar-refractivity contribution in [1.82, 2.24) is 4.72 Å². The van der Waals surface area contributed by atoms with Crippen LogP contribution in [0, 0.1) is 17.2 Å². The van der Waals surface area contributed by atoms with E-state index in [1.165, 1.54) is 24.3 Å². The van der Waals surface area contributed by atoms with Gasteiger partial charge >= 0.3 is 0 Å². The second kappa shape index (κ2) is 8.22. The van der Waals surface area contributed by atoms with Crippen LogP contribution < -0.4 is 10.5 Å². The highest BCUT2D eigenvalue weighted by atomic mass is 35.5. The second-order valence-electron chi connectivity index (χ2n) is 4.82. The van der Waals surface area contributed by atoms with E-state index in [0.29, 0.717) is 17.9 Å². The maximum atomic E-state index is 12.1. The van der Waals surface area contributed by atoms with Gasteiger partial charge in [-0.2, -0.15) is 5.26 Å². The molecule has 0 heterocycles. The Morgan fingerprint density at radius 3 is 2.25 bits per heavy atom. The molecule has 0 bridgehead atoms. The Kier molecular flexibility index (Phi) is 7.76. The van der Waals surface area contributed by atoms with Crippen molar-refractivity contribution in [3.63, 3.8) is 0 Å². The molecule has 1 aromatic carbocycles. The third kappa shape index (κ3) is 5.47. The molecule has 0 fully saturated rings. The molecule has 112 valence electrons. The lowest BCUT2D eigenvalue weighted by Gasteiger charge is -2.18.